The Kier molecular flexibility index (Phi) is 2.93. The molecule has 4 nitrogen and oxygen atoms in total. The molecule has 3 heterocycles. The van der Waals surface area contributed by atoms with E-state index in [1.54, 1.807) is 6.20 Å². The molecule has 0 radical (unpaired) electrons. The Morgan fingerprint density at radius 3 is 3.05 bits per heavy atom. The molecule has 2 aromatic rings. The van der Waals surface area contributed by atoms with Gasteiger partial charge in [-0.05, 0) is 20.2 Å². The molecule has 102 valence electrons. The number of imidazole rings is 1. The normalized spacial score (nSPS) is 23.7. The summed E-state index contributed by atoms with van der Waals surface area (Å²) in [6.07, 6.45) is 6.25. The van der Waals surface area contributed by atoms with E-state index in [2.05, 4.69) is 9.88 Å². The van der Waals surface area contributed by atoms with Crippen LogP contribution in [-0.2, 0) is 0 Å². The number of nitrogens with zero attached hydrogens (tertiary/aromatic N) is 4. The standard InChI is InChI=1S/C14H19FN4/c1-17(2)10-14(15)4-7-19(11-14)12-3-6-18-8-5-16-13(18)9-12/h3,5-6,8-9H,4,7,10-11H2,1-2H3. The summed E-state index contributed by atoms with van der Waals surface area (Å²) in [5.74, 6) is 0. The van der Waals surface area contributed by atoms with E-state index in [1.165, 1.54) is 0 Å². The van der Waals surface area contributed by atoms with Gasteiger partial charge in [0.2, 0.25) is 0 Å². The van der Waals surface area contributed by atoms with Gasteiger partial charge in [0.05, 0.1) is 6.54 Å². The molecule has 0 aliphatic carbocycles. The molecule has 0 amide bonds. The van der Waals surface area contributed by atoms with Crippen molar-refractivity contribution in [1.29, 1.82) is 0 Å². The van der Waals surface area contributed by atoms with Gasteiger partial charge in [0, 0.05) is 49.9 Å². The maximum atomic E-state index is 14.6. The number of hydrogen-bond acceptors (Lipinski definition) is 3. The molecule has 1 saturated heterocycles. The Bertz CT molecular complexity index is 580. The monoisotopic (exact) mass is 262 g/mol. The summed E-state index contributed by atoms with van der Waals surface area (Å²) in [5, 5.41) is 0. The second-order valence-electron chi connectivity index (χ2n) is 5.64. The van der Waals surface area contributed by atoms with E-state index in [1.807, 2.05) is 47.9 Å². The molecule has 1 aliphatic rings. The molecule has 0 aromatic carbocycles. The zero-order chi connectivity index (χ0) is 13.5. The largest absolute Gasteiger partial charge is 0.368 e. The molecule has 0 spiro atoms. The van der Waals surface area contributed by atoms with Crippen molar-refractivity contribution in [2.24, 2.45) is 0 Å². The summed E-state index contributed by atoms with van der Waals surface area (Å²) in [7, 11) is 3.83. The molecule has 0 N–H and O–H groups in total. The predicted molar refractivity (Wildman–Crippen MR) is 74.4 cm³/mol. The predicted octanol–water partition coefficient (Wildman–Crippen LogP) is 1.81. The molecule has 1 unspecified atom stereocenters. The first-order chi connectivity index (χ1) is 9.06. The van der Waals surface area contributed by atoms with Gasteiger partial charge in [0.15, 0.2) is 0 Å². The lowest BCUT2D eigenvalue weighted by Crippen LogP contribution is -2.38. The Labute approximate surface area is 112 Å². The molecule has 3 rings (SSSR count). The first-order valence-corrected chi connectivity index (χ1v) is 6.57. The fourth-order valence-corrected chi connectivity index (χ4v) is 2.85. The summed E-state index contributed by atoms with van der Waals surface area (Å²) in [4.78, 5) is 8.30. The lowest BCUT2D eigenvalue weighted by molar-refractivity contribution is 0.141. The van der Waals surface area contributed by atoms with E-state index in [4.69, 9.17) is 0 Å². The number of alkyl halides is 1. The lowest BCUT2D eigenvalue weighted by Gasteiger charge is -2.25. The van der Waals surface area contributed by atoms with E-state index in [0.29, 0.717) is 19.5 Å². The van der Waals surface area contributed by atoms with E-state index in [9.17, 15) is 4.39 Å². The maximum absolute atomic E-state index is 14.6. The number of pyridine rings is 1. The summed E-state index contributed by atoms with van der Waals surface area (Å²) < 4.78 is 16.6. The topological polar surface area (TPSA) is 23.8 Å². The van der Waals surface area contributed by atoms with Gasteiger partial charge >= 0.3 is 0 Å². The van der Waals surface area contributed by atoms with E-state index < -0.39 is 5.67 Å². The minimum atomic E-state index is -1.11. The van der Waals surface area contributed by atoms with Gasteiger partial charge in [0.25, 0.3) is 0 Å². The highest BCUT2D eigenvalue weighted by molar-refractivity contribution is 5.57. The summed E-state index contributed by atoms with van der Waals surface area (Å²) in [6, 6.07) is 4.04. The molecule has 1 atom stereocenters. The number of hydrogen-bond donors (Lipinski definition) is 0. The van der Waals surface area contributed by atoms with E-state index in [0.717, 1.165) is 17.9 Å². The molecule has 0 saturated carbocycles. The van der Waals surface area contributed by atoms with Crippen LogP contribution in [0.4, 0.5) is 10.1 Å². The summed E-state index contributed by atoms with van der Waals surface area (Å²) in [6.45, 7) is 1.71. The third-order valence-corrected chi connectivity index (χ3v) is 3.65. The van der Waals surface area contributed by atoms with Crippen LogP contribution in [0.2, 0.25) is 0 Å². The van der Waals surface area contributed by atoms with Gasteiger partial charge in [-0.15, -0.1) is 0 Å². The van der Waals surface area contributed by atoms with Crippen molar-refractivity contribution in [2.75, 3.05) is 38.6 Å². The van der Waals surface area contributed by atoms with Crippen LogP contribution in [-0.4, -0.2) is 53.7 Å². The highest BCUT2D eigenvalue weighted by Gasteiger charge is 2.38. The van der Waals surface area contributed by atoms with Crippen molar-refractivity contribution in [3.05, 3.63) is 30.7 Å². The molecular formula is C14H19FN4. The number of anilines is 1. The molecule has 2 aromatic heterocycles. The number of aromatic nitrogens is 2. The van der Waals surface area contributed by atoms with Crippen molar-refractivity contribution < 1.29 is 4.39 Å². The van der Waals surface area contributed by atoms with Crippen LogP contribution in [0, 0.1) is 0 Å². The quantitative estimate of drug-likeness (QED) is 0.843. The molecule has 19 heavy (non-hydrogen) atoms. The van der Waals surface area contributed by atoms with Gasteiger partial charge in [-0.2, -0.15) is 0 Å². The van der Waals surface area contributed by atoms with Crippen LogP contribution in [0.25, 0.3) is 5.65 Å². The molecule has 0 bridgehead atoms. The summed E-state index contributed by atoms with van der Waals surface area (Å²) in [5.41, 5.74) is 0.851. The van der Waals surface area contributed by atoms with Crippen LogP contribution in [0.3, 0.4) is 0 Å². The van der Waals surface area contributed by atoms with Crippen LogP contribution >= 0.6 is 0 Å². The van der Waals surface area contributed by atoms with Crippen molar-refractivity contribution >= 4 is 11.3 Å². The van der Waals surface area contributed by atoms with E-state index in [-0.39, 0.29) is 0 Å². The van der Waals surface area contributed by atoms with Gasteiger partial charge in [-0.1, -0.05) is 0 Å². The second-order valence-corrected chi connectivity index (χ2v) is 5.64. The SMILES string of the molecule is CN(C)CC1(F)CCN(c2ccn3ccnc3c2)C1. The Morgan fingerprint density at radius 2 is 2.26 bits per heavy atom. The van der Waals surface area contributed by atoms with Crippen LogP contribution < -0.4 is 4.90 Å². The number of rotatable bonds is 3. The average molecular weight is 262 g/mol. The molecule has 1 aliphatic heterocycles. The number of halogens is 1. The minimum Gasteiger partial charge on any atom is -0.368 e. The van der Waals surface area contributed by atoms with Gasteiger partial charge in [-0.25, -0.2) is 9.37 Å². The maximum Gasteiger partial charge on any atom is 0.142 e. The Balaban J connectivity index is 1.80. The van der Waals surface area contributed by atoms with Crippen molar-refractivity contribution in [3.8, 4) is 0 Å². The molecular weight excluding hydrogens is 243 g/mol. The van der Waals surface area contributed by atoms with Crippen LogP contribution in [0.5, 0.6) is 0 Å². The fraction of sp³-hybridized carbons (Fsp3) is 0.500. The Morgan fingerprint density at radius 1 is 1.42 bits per heavy atom. The number of fused-ring (bicyclic) bond motifs is 1. The molecule has 5 heteroatoms. The summed E-state index contributed by atoms with van der Waals surface area (Å²) >= 11 is 0. The highest BCUT2D eigenvalue weighted by Crippen LogP contribution is 2.30. The average Bonchev–Trinajstić information content (AvgIpc) is 2.93. The van der Waals surface area contributed by atoms with Gasteiger partial charge in [0.1, 0.15) is 11.3 Å². The van der Waals surface area contributed by atoms with E-state index >= 15 is 0 Å². The minimum absolute atomic E-state index is 0.460. The zero-order valence-electron chi connectivity index (χ0n) is 11.4. The third kappa shape index (κ3) is 2.42. The first kappa shape index (κ1) is 12.4. The van der Waals surface area contributed by atoms with Gasteiger partial charge < -0.3 is 14.2 Å². The van der Waals surface area contributed by atoms with Crippen molar-refractivity contribution in [3.63, 3.8) is 0 Å². The second kappa shape index (κ2) is 4.49. The molecule has 1 fully saturated rings. The first-order valence-electron chi connectivity index (χ1n) is 6.57. The highest BCUT2D eigenvalue weighted by atomic mass is 19.1. The smallest absolute Gasteiger partial charge is 0.142 e. The van der Waals surface area contributed by atoms with Gasteiger partial charge in [-0.3, -0.25) is 0 Å². The zero-order valence-corrected chi connectivity index (χ0v) is 11.4. The van der Waals surface area contributed by atoms with Crippen LogP contribution in [0.1, 0.15) is 6.42 Å². The fourth-order valence-electron chi connectivity index (χ4n) is 2.85. The Hall–Kier alpha value is -1.62. The lowest BCUT2D eigenvalue weighted by atomic mass is 10.1. The third-order valence-electron chi connectivity index (χ3n) is 3.65. The van der Waals surface area contributed by atoms with Crippen molar-refractivity contribution in [2.45, 2.75) is 12.1 Å². The van der Waals surface area contributed by atoms with Crippen molar-refractivity contribution in [1.82, 2.24) is 14.3 Å². The van der Waals surface area contributed by atoms with Crippen LogP contribution in [0.15, 0.2) is 30.7 Å².